The quantitative estimate of drug-likeness (QED) is 0.777. The molecule has 1 aromatic rings. The average molecular weight is 281 g/mol. The van der Waals surface area contributed by atoms with E-state index in [9.17, 15) is 0 Å². The van der Waals surface area contributed by atoms with E-state index >= 15 is 0 Å². The molecular weight excluding hydrogens is 254 g/mol. The summed E-state index contributed by atoms with van der Waals surface area (Å²) < 4.78 is 2.01. The standard InChI is InChI=1S/C15H27N3S/c1-4-9-16-14(13-7-5-6-8-13)11-19-15-10-12(2)17-18(15)3/h10,13-14,16H,4-9,11H2,1-3H3. The Morgan fingerprint density at radius 2 is 2.21 bits per heavy atom. The van der Waals surface area contributed by atoms with Crippen molar-refractivity contribution in [3.8, 4) is 0 Å². The summed E-state index contributed by atoms with van der Waals surface area (Å²) in [6, 6.07) is 2.86. The van der Waals surface area contributed by atoms with Crippen LogP contribution in [0.4, 0.5) is 0 Å². The Labute approximate surface area is 121 Å². The summed E-state index contributed by atoms with van der Waals surface area (Å²) >= 11 is 1.95. The second kappa shape index (κ2) is 7.34. The molecule has 0 aliphatic heterocycles. The lowest BCUT2D eigenvalue weighted by Gasteiger charge is -2.24. The van der Waals surface area contributed by atoms with Crippen molar-refractivity contribution in [1.29, 1.82) is 0 Å². The van der Waals surface area contributed by atoms with Crippen molar-refractivity contribution in [3.63, 3.8) is 0 Å². The number of aromatic nitrogens is 2. The molecule has 1 N–H and O–H groups in total. The van der Waals surface area contributed by atoms with Gasteiger partial charge in [-0.2, -0.15) is 5.10 Å². The molecule has 3 nitrogen and oxygen atoms in total. The van der Waals surface area contributed by atoms with Crippen molar-refractivity contribution < 1.29 is 0 Å². The van der Waals surface area contributed by atoms with Crippen LogP contribution in [0.1, 0.15) is 44.7 Å². The van der Waals surface area contributed by atoms with Crippen LogP contribution in [0.5, 0.6) is 0 Å². The van der Waals surface area contributed by atoms with Gasteiger partial charge < -0.3 is 5.32 Å². The van der Waals surface area contributed by atoms with E-state index in [-0.39, 0.29) is 0 Å². The van der Waals surface area contributed by atoms with Crippen molar-refractivity contribution in [2.24, 2.45) is 13.0 Å². The number of rotatable bonds is 7. The molecule has 1 aliphatic carbocycles. The van der Waals surface area contributed by atoms with Crippen LogP contribution >= 0.6 is 11.8 Å². The van der Waals surface area contributed by atoms with Gasteiger partial charge in [0.05, 0.1) is 10.7 Å². The normalized spacial score (nSPS) is 18.1. The first-order valence-electron chi connectivity index (χ1n) is 7.57. The van der Waals surface area contributed by atoms with Gasteiger partial charge in [-0.05, 0) is 44.7 Å². The van der Waals surface area contributed by atoms with Crippen molar-refractivity contribution >= 4 is 11.8 Å². The molecular formula is C15H27N3S. The molecule has 1 heterocycles. The summed E-state index contributed by atoms with van der Waals surface area (Å²) in [4.78, 5) is 0. The zero-order valence-corrected chi connectivity index (χ0v) is 13.3. The third-order valence-corrected chi connectivity index (χ3v) is 5.20. The Morgan fingerprint density at radius 3 is 2.79 bits per heavy atom. The van der Waals surface area contributed by atoms with E-state index < -0.39 is 0 Å². The highest BCUT2D eigenvalue weighted by atomic mass is 32.2. The Balaban J connectivity index is 1.89. The van der Waals surface area contributed by atoms with Gasteiger partial charge in [0.1, 0.15) is 0 Å². The smallest absolute Gasteiger partial charge is 0.0939 e. The Bertz CT molecular complexity index is 383. The third-order valence-electron chi connectivity index (χ3n) is 4.00. The van der Waals surface area contributed by atoms with E-state index in [1.807, 2.05) is 23.5 Å². The number of nitrogens with zero attached hydrogens (tertiary/aromatic N) is 2. The second-order valence-electron chi connectivity index (χ2n) is 5.66. The molecule has 1 unspecified atom stereocenters. The van der Waals surface area contributed by atoms with Crippen LogP contribution in [0.15, 0.2) is 11.1 Å². The fourth-order valence-electron chi connectivity index (χ4n) is 2.95. The molecule has 0 radical (unpaired) electrons. The Kier molecular flexibility index (Phi) is 5.76. The Hall–Kier alpha value is -0.480. The summed E-state index contributed by atoms with van der Waals surface area (Å²) in [5.41, 5.74) is 1.11. The van der Waals surface area contributed by atoms with Gasteiger partial charge >= 0.3 is 0 Å². The molecule has 0 aromatic carbocycles. The van der Waals surface area contributed by atoms with Crippen LogP contribution in [0.2, 0.25) is 0 Å². The summed E-state index contributed by atoms with van der Waals surface area (Å²) in [5, 5.41) is 9.47. The highest BCUT2D eigenvalue weighted by Gasteiger charge is 2.24. The minimum absolute atomic E-state index is 0.669. The lowest BCUT2D eigenvalue weighted by atomic mass is 10.00. The monoisotopic (exact) mass is 281 g/mol. The van der Waals surface area contributed by atoms with E-state index in [0.29, 0.717) is 6.04 Å². The van der Waals surface area contributed by atoms with Gasteiger partial charge in [0.2, 0.25) is 0 Å². The minimum atomic E-state index is 0.669. The van der Waals surface area contributed by atoms with Crippen molar-refractivity contribution in [2.45, 2.75) is 57.0 Å². The van der Waals surface area contributed by atoms with Gasteiger partial charge in [-0.15, -0.1) is 11.8 Å². The largest absolute Gasteiger partial charge is 0.313 e. The predicted octanol–water partition coefficient (Wildman–Crippen LogP) is 3.38. The lowest BCUT2D eigenvalue weighted by molar-refractivity contribution is 0.387. The maximum atomic E-state index is 4.42. The molecule has 0 saturated heterocycles. The topological polar surface area (TPSA) is 29.9 Å². The minimum Gasteiger partial charge on any atom is -0.313 e. The van der Waals surface area contributed by atoms with Crippen LogP contribution in [0.25, 0.3) is 0 Å². The maximum absolute atomic E-state index is 4.42. The molecule has 1 fully saturated rings. The zero-order valence-electron chi connectivity index (χ0n) is 12.5. The highest BCUT2D eigenvalue weighted by molar-refractivity contribution is 7.99. The fourth-order valence-corrected chi connectivity index (χ4v) is 4.17. The van der Waals surface area contributed by atoms with Crippen molar-refractivity contribution in [1.82, 2.24) is 15.1 Å². The lowest BCUT2D eigenvalue weighted by Crippen LogP contribution is -2.37. The molecule has 1 aromatic heterocycles. The van der Waals surface area contributed by atoms with Crippen LogP contribution < -0.4 is 5.32 Å². The van der Waals surface area contributed by atoms with Crippen LogP contribution in [-0.4, -0.2) is 28.1 Å². The van der Waals surface area contributed by atoms with E-state index in [1.54, 1.807) is 0 Å². The predicted molar refractivity (Wildman–Crippen MR) is 82.7 cm³/mol. The highest BCUT2D eigenvalue weighted by Crippen LogP contribution is 2.30. The summed E-state index contributed by atoms with van der Waals surface area (Å²) in [6.07, 6.45) is 6.88. The molecule has 0 amide bonds. The maximum Gasteiger partial charge on any atom is 0.0939 e. The SMILES string of the molecule is CCCNC(CSc1cc(C)nn1C)C1CCCC1. The number of aryl methyl sites for hydroxylation is 2. The first-order valence-corrected chi connectivity index (χ1v) is 8.56. The van der Waals surface area contributed by atoms with Gasteiger partial charge in [0.15, 0.2) is 0 Å². The summed E-state index contributed by atoms with van der Waals surface area (Å²) in [5.74, 6) is 2.05. The third kappa shape index (κ3) is 4.25. The van der Waals surface area contributed by atoms with Crippen molar-refractivity contribution in [3.05, 3.63) is 11.8 Å². The molecule has 1 atom stereocenters. The Morgan fingerprint density at radius 1 is 1.47 bits per heavy atom. The van der Waals surface area contributed by atoms with Crippen molar-refractivity contribution in [2.75, 3.05) is 12.3 Å². The van der Waals surface area contributed by atoms with E-state index in [4.69, 9.17) is 0 Å². The zero-order chi connectivity index (χ0) is 13.7. The van der Waals surface area contributed by atoms with Gasteiger partial charge in [-0.1, -0.05) is 19.8 Å². The fraction of sp³-hybridized carbons (Fsp3) is 0.800. The van der Waals surface area contributed by atoms with Gasteiger partial charge in [0, 0.05) is 18.8 Å². The molecule has 0 bridgehead atoms. The molecule has 19 heavy (non-hydrogen) atoms. The van der Waals surface area contributed by atoms with Gasteiger partial charge in [-0.25, -0.2) is 0 Å². The molecule has 108 valence electrons. The number of thioether (sulfide) groups is 1. The van der Waals surface area contributed by atoms with Gasteiger partial charge in [-0.3, -0.25) is 4.68 Å². The van der Waals surface area contributed by atoms with E-state index in [2.05, 4.69) is 30.3 Å². The summed E-state index contributed by atoms with van der Waals surface area (Å²) in [6.45, 7) is 5.45. The van der Waals surface area contributed by atoms with Gasteiger partial charge in [0.25, 0.3) is 0 Å². The van der Waals surface area contributed by atoms with Crippen LogP contribution in [0.3, 0.4) is 0 Å². The molecule has 2 rings (SSSR count). The number of nitrogens with one attached hydrogen (secondary N) is 1. The molecule has 1 saturated carbocycles. The van der Waals surface area contributed by atoms with Crippen LogP contribution in [-0.2, 0) is 7.05 Å². The first kappa shape index (κ1) is 14.9. The van der Waals surface area contributed by atoms with E-state index in [0.717, 1.165) is 18.2 Å². The first-order chi connectivity index (χ1) is 9.20. The summed E-state index contributed by atoms with van der Waals surface area (Å²) in [7, 11) is 2.04. The van der Waals surface area contributed by atoms with E-state index in [1.165, 1.54) is 42.9 Å². The number of hydrogen-bond donors (Lipinski definition) is 1. The van der Waals surface area contributed by atoms with Crippen LogP contribution in [0, 0.1) is 12.8 Å². The average Bonchev–Trinajstić information content (AvgIpc) is 3.00. The second-order valence-corrected chi connectivity index (χ2v) is 6.70. The molecule has 4 heteroatoms. The molecule has 1 aliphatic rings. The number of hydrogen-bond acceptors (Lipinski definition) is 3. The molecule has 0 spiro atoms.